The van der Waals surface area contributed by atoms with Gasteiger partial charge in [-0.2, -0.15) is 5.10 Å². The molecule has 7 nitrogen and oxygen atoms in total. The van der Waals surface area contributed by atoms with Crippen molar-refractivity contribution >= 4 is 43.3 Å². The third-order valence-corrected chi connectivity index (χ3v) is 7.05. The average molecular weight is 443 g/mol. The molecule has 0 saturated heterocycles. The van der Waals surface area contributed by atoms with Gasteiger partial charge >= 0.3 is 0 Å². The normalized spacial score (nSPS) is 12.2. The molecule has 0 bridgehead atoms. The molecule has 0 amide bonds. The molecule has 0 atom stereocenters. The third-order valence-electron chi connectivity index (χ3n) is 4.95. The van der Waals surface area contributed by atoms with E-state index in [4.69, 9.17) is 11.6 Å². The van der Waals surface area contributed by atoms with Crippen LogP contribution >= 0.6 is 11.6 Å². The molecule has 30 heavy (non-hydrogen) atoms. The fourth-order valence-corrected chi connectivity index (χ4v) is 4.39. The maximum atomic E-state index is 13.4. The van der Waals surface area contributed by atoms with E-state index >= 15 is 0 Å². The van der Waals surface area contributed by atoms with Crippen LogP contribution in [0, 0.1) is 0 Å². The molecule has 2 aromatic carbocycles. The number of rotatable bonds is 4. The van der Waals surface area contributed by atoms with Gasteiger partial charge in [-0.05, 0) is 29.1 Å². The van der Waals surface area contributed by atoms with E-state index in [1.165, 1.54) is 14.1 Å². The van der Waals surface area contributed by atoms with Gasteiger partial charge in [0.05, 0.1) is 27.9 Å². The summed E-state index contributed by atoms with van der Waals surface area (Å²) in [4.78, 5) is 17.8. The zero-order valence-corrected chi connectivity index (χ0v) is 18.2. The monoisotopic (exact) mass is 442 g/mol. The minimum Gasteiger partial charge on any atom is -0.289 e. The van der Waals surface area contributed by atoms with E-state index in [0.717, 1.165) is 15.4 Å². The van der Waals surface area contributed by atoms with Gasteiger partial charge in [-0.3, -0.25) is 14.5 Å². The SMILES string of the molecule is CN(C)S(=O)(=O)Cc1ccc2cc(Cl)c3ncc(-c4cnn(C)c4)cc3c(=O)c2c1. The minimum atomic E-state index is -3.46. The average Bonchev–Trinajstić information content (AvgIpc) is 3.10. The molecule has 0 spiro atoms. The van der Waals surface area contributed by atoms with Gasteiger partial charge in [0.15, 0.2) is 5.43 Å². The van der Waals surface area contributed by atoms with E-state index in [0.29, 0.717) is 32.3 Å². The van der Waals surface area contributed by atoms with Crippen molar-refractivity contribution in [1.82, 2.24) is 19.1 Å². The molecule has 2 heterocycles. The van der Waals surface area contributed by atoms with Gasteiger partial charge in [0.2, 0.25) is 10.0 Å². The van der Waals surface area contributed by atoms with Crippen LogP contribution < -0.4 is 5.43 Å². The number of benzene rings is 1. The molecular weight excluding hydrogens is 424 g/mol. The number of aromatic nitrogens is 3. The lowest BCUT2D eigenvalue weighted by atomic mass is 10.1. The molecular formula is C21H19ClN4O3S. The summed E-state index contributed by atoms with van der Waals surface area (Å²) in [5, 5.41) is 5.89. The zero-order valence-electron chi connectivity index (χ0n) is 16.6. The second-order valence-corrected chi connectivity index (χ2v) is 9.89. The lowest BCUT2D eigenvalue weighted by Gasteiger charge is -2.11. The van der Waals surface area contributed by atoms with Crippen molar-refractivity contribution in [3.8, 4) is 11.1 Å². The number of sulfonamides is 1. The van der Waals surface area contributed by atoms with Crippen LogP contribution in [0.15, 0.2) is 53.7 Å². The predicted octanol–water partition coefficient (Wildman–Crippen LogP) is 3.19. The van der Waals surface area contributed by atoms with Gasteiger partial charge in [-0.1, -0.05) is 23.7 Å². The van der Waals surface area contributed by atoms with Crippen LogP contribution in [0.25, 0.3) is 32.8 Å². The number of hydrogen-bond donors (Lipinski definition) is 0. The molecule has 0 unspecified atom stereocenters. The third kappa shape index (κ3) is 3.69. The van der Waals surface area contributed by atoms with Crippen LogP contribution in [0.2, 0.25) is 5.02 Å². The van der Waals surface area contributed by atoms with Gasteiger partial charge in [0.1, 0.15) is 0 Å². The number of halogens is 1. The summed E-state index contributed by atoms with van der Waals surface area (Å²) in [5.74, 6) is -0.196. The fraction of sp³-hybridized carbons (Fsp3) is 0.190. The Hall–Kier alpha value is -2.81. The maximum absolute atomic E-state index is 13.4. The Bertz CT molecular complexity index is 1460. The highest BCUT2D eigenvalue weighted by atomic mass is 35.5. The quantitative estimate of drug-likeness (QED) is 0.484. The summed E-state index contributed by atoms with van der Waals surface area (Å²) in [5.41, 5.74) is 2.24. The van der Waals surface area contributed by atoms with Crippen molar-refractivity contribution in [2.45, 2.75) is 5.75 Å². The van der Waals surface area contributed by atoms with Crippen molar-refractivity contribution in [1.29, 1.82) is 0 Å². The van der Waals surface area contributed by atoms with Crippen LogP contribution in [0.1, 0.15) is 5.56 Å². The maximum Gasteiger partial charge on any atom is 0.217 e. The van der Waals surface area contributed by atoms with Crippen LogP contribution in [-0.4, -0.2) is 41.6 Å². The molecule has 4 rings (SSSR count). The summed E-state index contributed by atoms with van der Waals surface area (Å²) in [6.07, 6.45) is 5.19. The van der Waals surface area contributed by atoms with Gasteiger partial charge < -0.3 is 0 Å². The summed E-state index contributed by atoms with van der Waals surface area (Å²) in [6.45, 7) is 0. The summed E-state index contributed by atoms with van der Waals surface area (Å²) in [7, 11) is 1.31. The smallest absolute Gasteiger partial charge is 0.217 e. The molecule has 0 radical (unpaired) electrons. The van der Waals surface area contributed by atoms with Crippen molar-refractivity contribution < 1.29 is 8.42 Å². The van der Waals surface area contributed by atoms with E-state index in [-0.39, 0.29) is 11.2 Å². The molecule has 0 aliphatic rings. The van der Waals surface area contributed by atoms with Gasteiger partial charge in [-0.25, -0.2) is 12.7 Å². The number of fused-ring (bicyclic) bond motifs is 2. The van der Waals surface area contributed by atoms with Crippen LogP contribution in [0.4, 0.5) is 0 Å². The van der Waals surface area contributed by atoms with Gasteiger partial charge in [0.25, 0.3) is 0 Å². The Morgan fingerprint density at radius 3 is 2.50 bits per heavy atom. The van der Waals surface area contributed by atoms with E-state index in [1.807, 2.05) is 13.2 Å². The Kier molecular flexibility index (Phi) is 5.09. The van der Waals surface area contributed by atoms with E-state index in [9.17, 15) is 13.2 Å². The van der Waals surface area contributed by atoms with Gasteiger partial charge in [0, 0.05) is 50.0 Å². The lowest BCUT2D eigenvalue weighted by molar-refractivity contribution is 0.520. The summed E-state index contributed by atoms with van der Waals surface area (Å²) < 4.78 is 27.4. The first-order chi connectivity index (χ1) is 14.2. The first kappa shape index (κ1) is 20.5. The lowest BCUT2D eigenvalue weighted by Crippen LogP contribution is -2.23. The minimum absolute atomic E-state index is 0.196. The van der Waals surface area contributed by atoms with Crippen molar-refractivity contribution in [2.24, 2.45) is 7.05 Å². The molecule has 0 saturated carbocycles. The molecule has 0 aliphatic heterocycles. The highest BCUT2D eigenvalue weighted by Gasteiger charge is 2.16. The largest absolute Gasteiger partial charge is 0.289 e. The molecule has 9 heteroatoms. The zero-order chi connectivity index (χ0) is 21.6. The second kappa shape index (κ2) is 7.46. The Labute approximate surface area is 178 Å². The Morgan fingerprint density at radius 1 is 1.07 bits per heavy atom. The van der Waals surface area contributed by atoms with Crippen LogP contribution in [0.5, 0.6) is 0 Å². The fourth-order valence-electron chi connectivity index (χ4n) is 3.26. The molecule has 0 fully saturated rings. The first-order valence-electron chi connectivity index (χ1n) is 9.10. The number of aryl methyl sites for hydroxylation is 1. The van der Waals surface area contributed by atoms with Crippen molar-refractivity contribution in [3.05, 3.63) is 69.7 Å². The molecule has 154 valence electrons. The predicted molar refractivity (Wildman–Crippen MR) is 119 cm³/mol. The van der Waals surface area contributed by atoms with E-state index in [2.05, 4.69) is 10.1 Å². The van der Waals surface area contributed by atoms with E-state index < -0.39 is 10.0 Å². The molecule has 0 N–H and O–H groups in total. The van der Waals surface area contributed by atoms with Crippen molar-refractivity contribution in [3.63, 3.8) is 0 Å². The Morgan fingerprint density at radius 2 is 1.83 bits per heavy atom. The molecule has 2 aromatic heterocycles. The number of hydrogen-bond acceptors (Lipinski definition) is 5. The highest BCUT2D eigenvalue weighted by molar-refractivity contribution is 7.88. The van der Waals surface area contributed by atoms with Crippen LogP contribution in [0.3, 0.4) is 0 Å². The number of nitrogens with zero attached hydrogens (tertiary/aromatic N) is 4. The second-order valence-electron chi connectivity index (χ2n) is 7.30. The summed E-state index contributed by atoms with van der Waals surface area (Å²) >= 11 is 6.46. The first-order valence-corrected chi connectivity index (χ1v) is 11.1. The topological polar surface area (TPSA) is 85.2 Å². The molecule has 4 aromatic rings. The van der Waals surface area contributed by atoms with E-state index in [1.54, 1.807) is 47.4 Å². The standard InChI is InChI=1S/C21H19ClN4O3S/c1-25(2)30(28,29)12-13-4-5-14-8-19(22)20-18(21(27)17(14)6-13)7-15(9-23-20)16-10-24-26(3)11-16/h4-11H,12H2,1-3H3. The van der Waals surface area contributed by atoms with Gasteiger partial charge in [-0.15, -0.1) is 0 Å². The van der Waals surface area contributed by atoms with Crippen LogP contribution in [-0.2, 0) is 22.8 Å². The molecule has 0 aliphatic carbocycles. The highest BCUT2D eigenvalue weighted by Crippen LogP contribution is 2.27. The summed E-state index contributed by atoms with van der Waals surface area (Å²) in [6, 6.07) is 8.45. The van der Waals surface area contributed by atoms with Crippen molar-refractivity contribution in [2.75, 3.05) is 14.1 Å². The number of pyridine rings is 1. The Balaban J connectivity index is 1.98.